The number of pyridine rings is 1. The number of rotatable bonds is 9. The van der Waals surface area contributed by atoms with E-state index in [-0.39, 0.29) is 12.3 Å². The lowest BCUT2D eigenvalue weighted by Gasteiger charge is -2.15. The van der Waals surface area contributed by atoms with Crippen LogP contribution in [-0.2, 0) is 16.0 Å². The Bertz CT molecular complexity index is 1070. The first-order valence-corrected chi connectivity index (χ1v) is 10.5. The number of hydrogen-bond acceptors (Lipinski definition) is 6. The van der Waals surface area contributed by atoms with E-state index in [1.54, 1.807) is 6.07 Å². The van der Waals surface area contributed by atoms with Crippen molar-refractivity contribution in [3.05, 3.63) is 78.0 Å². The fourth-order valence-electron chi connectivity index (χ4n) is 2.98. The van der Waals surface area contributed by atoms with Crippen LogP contribution in [0.1, 0.15) is 35.2 Å². The van der Waals surface area contributed by atoms with Crippen molar-refractivity contribution in [2.75, 3.05) is 0 Å². The number of amides is 2. The molecule has 1 aromatic heterocycles. The van der Waals surface area contributed by atoms with Crippen LogP contribution in [0.15, 0.2) is 66.9 Å². The van der Waals surface area contributed by atoms with Crippen LogP contribution >= 0.6 is 0 Å². The molecule has 0 radical (unpaired) electrons. The van der Waals surface area contributed by atoms with Crippen LogP contribution in [0.4, 0.5) is 0 Å². The summed E-state index contributed by atoms with van der Waals surface area (Å²) in [6, 6.07) is 18.0. The van der Waals surface area contributed by atoms with Crippen LogP contribution in [-0.4, -0.2) is 40.1 Å². The van der Waals surface area contributed by atoms with E-state index in [2.05, 4.69) is 10.3 Å². The molecule has 174 valence electrons. The summed E-state index contributed by atoms with van der Waals surface area (Å²) >= 11 is 0. The maximum Gasteiger partial charge on any atom is 0.326 e. The van der Waals surface area contributed by atoms with E-state index in [0.717, 1.165) is 16.5 Å². The molecule has 0 bridgehead atoms. The van der Waals surface area contributed by atoms with Crippen molar-refractivity contribution < 1.29 is 19.5 Å². The first-order chi connectivity index (χ1) is 15.8. The third-order valence-corrected chi connectivity index (χ3v) is 4.78. The van der Waals surface area contributed by atoms with Crippen molar-refractivity contribution in [1.29, 1.82) is 0 Å². The maximum absolute atomic E-state index is 11.6. The van der Waals surface area contributed by atoms with Crippen molar-refractivity contribution >= 4 is 28.7 Å². The predicted octanol–water partition coefficient (Wildman–Crippen LogP) is 1.55. The molecule has 8 N–H and O–H groups in total. The number of fused-ring (bicyclic) bond motifs is 1. The predicted molar refractivity (Wildman–Crippen MR) is 126 cm³/mol. The van der Waals surface area contributed by atoms with Gasteiger partial charge in [-0.05, 0) is 37.0 Å². The highest BCUT2D eigenvalue weighted by Gasteiger charge is 2.19. The summed E-state index contributed by atoms with van der Waals surface area (Å²) in [5.41, 5.74) is 18.2. The third-order valence-electron chi connectivity index (χ3n) is 4.78. The molecule has 2 amide bonds. The second-order valence-electron chi connectivity index (χ2n) is 7.47. The standard InChI is InChI=1S/C14H21N3O3.C10H8N2O/c15-12(16)8-9-13(18)17-11(14(19)20)7-6-10-4-2-1-3-5-10;11-10(13)8-5-7-3-1-2-4-9(7)12-6-8/h1-5,11-12H,6-9,15-16H2,(H,17,18)(H,19,20);1-6H,(H2,11,13)/t11-;/m1./s1. The number of primary amides is 1. The topological polar surface area (TPSA) is 174 Å². The summed E-state index contributed by atoms with van der Waals surface area (Å²) in [5.74, 6) is -1.82. The lowest BCUT2D eigenvalue weighted by atomic mass is 10.1. The molecule has 9 heteroatoms. The van der Waals surface area contributed by atoms with E-state index in [0.29, 0.717) is 24.8 Å². The second kappa shape index (κ2) is 12.9. The van der Waals surface area contributed by atoms with Crippen LogP contribution in [0.5, 0.6) is 0 Å². The van der Waals surface area contributed by atoms with Gasteiger partial charge < -0.3 is 27.6 Å². The van der Waals surface area contributed by atoms with E-state index in [9.17, 15) is 14.4 Å². The minimum atomic E-state index is -1.04. The Hall–Kier alpha value is -3.82. The number of carbonyl (C=O) groups is 3. The minimum absolute atomic E-state index is 0.132. The van der Waals surface area contributed by atoms with Crippen molar-refractivity contribution in [2.24, 2.45) is 17.2 Å². The van der Waals surface area contributed by atoms with Crippen LogP contribution in [0, 0.1) is 0 Å². The van der Waals surface area contributed by atoms with Gasteiger partial charge in [0, 0.05) is 18.0 Å². The number of carboxylic acid groups (broad SMARTS) is 1. The largest absolute Gasteiger partial charge is 0.480 e. The van der Waals surface area contributed by atoms with Gasteiger partial charge in [0.25, 0.3) is 0 Å². The molecular weight excluding hydrogens is 422 g/mol. The molecule has 0 aliphatic carbocycles. The van der Waals surface area contributed by atoms with E-state index in [4.69, 9.17) is 22.3 Å². The SMILES string of the molecule is NC(=O)c1cnc2ccccc2c1.NC(N)CCC(=O)N[C@H](CCc1ccccc1)C(=O)O. The number of nitrogens with two attached hydrogens (primary N) is 3. The van der Waals surface area contributed by atoms with Crippen molar-refractivity contribution in [1.82, 2.24) is 10.3 Å². The molecule has 1 heterocycles. The summed E-state index contributed by atoms with van der Waals surface area (Å²) in [5, 5.41) is 12.5. The monoisotopic (exact) mass is 451 g/mol. The fraction of sp³-hybridized carbons (Fsp3) is 0.250. The average Bonchev–Trinajstić information content (AvgIpc) is 2.81. The number of hydrogen-bond donors (Lipinski definition) is 5. The molecule has 2 aromatic carbocycles. The summed E-state index contributed by atoms with van der Waals surface area (Å²) in [7, 11) is 0. The molecule has 0 unspecified atom stereocenters. The molecule has 3 aromatic rings. The van der Waals surface area contributed by atoms with Crippen molar-refractivity contribution in [2.45, 2.75) is 37.9 Å². The molecule has 0 aliphatic rings. The summed E-state index contributed by atoms with van der Waals surface area (Å²) < 4.78 is 0. The number of carboxylic acids is 1. The van der Waals surface area contributed by atoms with Gasteiger partial charge in [-0.3, -0.25) is 14.6 Å². The fourth-order valence-corrected chi connectivity index (χ4v) is 2.98. The molecule has 0 fully saturated rings. The first-order valence-electron chi connectivity index (χ1n) is 10.5. The van der Waals surface area contributed by atoms with Crippen molar-refractivity contribution in [3.8, 4) is 0 Å². The molecular formula is C24H29N5O4. The first kappa shape index (κ1) is 25.4. The van der Waals surface area contributed by atoms with Gasteiger partial charge in [-0.2, -0.15) is 0 Å². The van der Waals surface area contributed by atoms with Gasteiger partial charge in [0.15, 0.2) is 0 Å². The molecule has 33 heavy (non-hydrogen) atoms. The van der Waals surface area contributed by atoms with Gasteiger partial charge in [0.2, 0.25) is 11.8 Å². The Morgan fingerprint density at radius 2 is 1.64 bits per heavy atom. The van der Waals surface area contributed by atoms with Gasteiger partial charge >= 0.3 is 5.97 Å². The van der Waals surface area contributed by atoms with Gasteiger partial charge in [-0.25, -0.2) is 4.79 Å². The number of benzene rings is 2. The third kappa shape index (κ3) is 9.06. The van der Waals surface area contributed by atoms with Crippen LogP contribution < -0.4 is 22.5 Å². The zero-order valence-electron chi connectivity index (χ0n) is 18.2. The normalized spacial score (nSPS) is 11.4. The number of para-hydroxylation sites is 1. The molecule has 1 atom stereocenters. The van der Waals surface area contributed by atoms with Gasteiger partial charge in [-0.15, -0.1) is 0 Å². The maximum atomic E-state index is 11.6. The summed E-state index contributed by atoms with van der Waals surface area (Å²) in [6.07, 6.45) is 2.33. The van der Waals surface area contributed by atoms with Crippen LogP contribution in [0.3, 0.4) is 0 Å². The van der Waals surface area contributed by atoms with E-state index >= 15 is 0 Å². The van der Waals surface area contributed by atoms with Gasteiger partial charge in [0.05, 0.1) is 17.2 Å². The molecule has 0 saturated heterocycles. The van der Waals surface area contributed by atoms with Crippen LogP contribution in [0.25, 0.3) is 10.9 Å². The molecule has 0 spiro atoms. The second-order valence-corrected chi connectivity index (χ2v) is 7.47. The number of aromatic nitrogens is 1. The zero-order chi connectivity index (χ0) is 24.2. The molecule has 0 aliphatic heterocycles. The van der Waals surface area contributed by atoms with Gasteiger partial charge in [0.1, 0.15) is 6.04 Å². The Labute approximate surface area is 192 Å². The van der Waals surface area contributed by atoms with E-state index < -0.39 is 24.1 Å². The zero-order valence-corrected chi connectivity index (χ0v) is 18.2. The number of nitrogens with zero attached hydrogens (tertiary/aromatic N) is 1. The number of nitrogens with one attached hydrogen (secondary N) is 1. The van der Waals surface area contributed by atoms with E-state index in [1.165, 1.54) is 6.20 Å². The van der Waals surface area contributed by atoms with Crippen LogP contribution in [0.2, 0.25) is 0 Å². The Kier molecular flexibility index (Phi) is 9.94. The number of aryl methyl sites for hydroxylation is 1. The Balaban J connectivity index is 0.000000254. The number of aliphatic carboxylic acids is 1. The highest BCUT2D eigenvalue weighted by molar-refractivity contribution is 5.96. The lowest BCUT2D eigenvalue weighted by molar-refractivity contribution is -0.142. The summed E-state index contributed by atoms with van der Waals surface area (Å²) in [6.45, 7) is 0. The highest BCUT2D eigenvalue weighted by Crippen LogP contribution is 2.12. The highest BCUT2D eigenvalue weighted by atomic mass is 16.4. The lowest BCUT2D eigenvalue weighted by Crippen LogP contribution is -2.42. The van der Waals surface area contributed by atoms with Gasteiger partial charge in [-0.1, -0.05) is 48.5 Å². The quantitative estimate of drug-likeness (QED) is 0.307. The molecule has 3 rings (SSSR count). The Morgan fingerprint density at radius 3 is 2.27 bits per heavy atom. The number of carbonyl (C=O) groups excluding carboxylic acids is 2. The molecule has 0 saturated carbocycles. The van der Waals surface area contributed by atoms with E-state index in [1.807, 2.05) is 54.6 Å². The summed E-state index contributed by atoms with van der Waals surface area (Å²) in [4.78, 5) is 37.6. The Morgan fingerprint density at radius 1 is 0.970 bits per heavy atom. The minimum Gasteiger partial charge on any atom is -0.480 e. The smallest absolute Gasteiger partial charge is 0.326 e. The molecule has 9 nitrogen and oxygen atoms in total. The average molecular weight is 452 g/mol. The van der Waals surface area contributed by atoms with Crippen molar-refractivity contribution in [3.63, 3.8) is 0 Å².